The van der Waals surface area contributed by atoms with E-state index in [0.29, 0.717) is 0 Å². The molecule has 2 rings (SSSR count). The Morgan fingerprint density at radius 2 is 2.10 bits per heavy atom. The maximum absolute atomic E-state index is 9.20. The fourth-order valence-corrected chi connectivity index (χ4v) is 1.37. The summed E-state index contributed by atoms with van der Waals surface area (Å²) < 4.78 is 0. The van der Waals surface area contributed by atoms with Gasteiger partial charge in [-0.25, -0.2) is 0 Å². The first-order chi connectivity index (χ1) is 4.86. The normalized spacial score (nSPS) is 17.3. The van der Waals surface area contributed by atoms with Gasteiger partial charge in [-0.05, 0) is 17.5 Å². The quantitative estimate of drug-likeness (QED) is 0.563. The van der Waals surface area contributed by atoms with Gasteiger partial charge in [0.1, 0.15) is 0 Å². The fraction of sp³-hybridized carbons (Fsp3) is 0.222. The van der Waals surface area contributed by atoms with Gasteiger partial charge in [-0.1, -0.05) is 24.3 Å². The minimum absolute atomic E-state index is 0.252. The van der Waals surface area contributed by atoms with Crippen molar-refractivity contribution in [3.05, 3.63) is 41.8 Å². The molecule has 1 radical (unpaired) electrons. The average Bonchev–Trinajstić information content (AvgIpc) is 2.27. The molecule has 0 fully saturated rings. The molecule has 51 valence electrons. The molecule has 1 aromatic carbocycles. The van der Waals surface area contributed by atoms with Crippen LogP contribution < -0.4 is 0 Å². The summed E-state index contributed by atoms with van der Waals surface area (Å²) in [6, 6.07) is 8.09. The lowest BCUT2D eigenvalue weighted by molar-refractivity contribution is 0.219. The van der Waals surface area contributed by atoms with E-state index >= 15 is 0 Å². The Morgan fingerprint density at radius 1 is 1.30 bits per heavy atom. The molecule has 1 nitrogen and oxygen atoms in total. The molecule has 0 saturated carbocycles. The summed E-state index contributed by atoms with van der Waals surface area (Å²) in [7, 11) is 0. The Kier molecular flexibility index (Phi) is 1.24. The molecule has 1 aliphatic rings. The van der Waals surface area contributed by atoms with E-state index < -0.39 is 0 Å². The Labute approximate surface area is 60.3 Å². The van der Waals surface area contributed by atoms with Crippen molar-refractivity contribution in [3.8, 4) is 0 Å². The first kappa shape index (κ1) is 5.93. The van der Waals surface area contributed by atoms with Crippen LogP contribution in [0.2, 0.25) is 0 Å². The second kappa shape index (κ2) is 2.10. The lowest BCUT2D eigenvalue weighted by Gasteiger charge is -1.92. The summed E-state index contributed by atoms with van der Waals surface area (Å²) in [6.07, 6.45) is 2.43. The second-order valence-corrected chi connectivity index (χ2v) is 2.64. The Morgan fingerprint density at radius 3 is 2.90 bits per heavy atom. The van der Waals surface area contributed by atoms with Gasteiger partial charge in [-0.2, -0.15) is 0 Å². The van der Waals surface area contributed by atoms with E-state index in [1.165, 1.54) is 11.1 Å². The summed E-state index contributed by atoms with van der Waals surface area (Å²) in [6.45, 7) is 0. The Bertz CT molecular complexity index is 217. The summed E-state index contributed by atoms with van der Waals surface area (Å²) in [5.41, 5.74) is 2.45. The molecule has 0 aliphatic heterocycles. The molecule has 1 aliphatic carbocycles. The summed E-state index contributed by atoms with van der Waals surface area (Å²) in [4.78, 5) is 0. The third kappa shape index (κ3) is 0.830. The summed E-state index contributed by atoms with van der Waals surface area (Å²) >= 11 is 0. The number of aliphatic hydroxyl groups is 1. The van der Waals surface area contributed by atoms with E-state index in [2.05, 4.69) is 6.07 Å². The minimum Gasteiger partial charge on any atom is -0.392 e. The molecular formula is C9H9O. The molecule has 0 saturated heterocycles. The Balaban J connectivity index is 2.42. The van der Waals surface area contributed by atoms with E-state index in [4.69, 9.17) is 0 Å². The molecule has 0 aromatic heterocycles. The van der Waals surface area contributed by atoms with Crippen LogP contribution in [0.25, 0.3) is 0 Å². The number of aliphatic hydroxyl groups excluding tert-OH is 1. The number of benzene rings is 1. The zero-order valence-electron chi connectivity index (χ0n) is 5.62. The largest absolute Gasteiger partial charge is 0.392 e. The predicted octanol–water partition coefficient (Wildman–Crippen LogP) is 1.16. The minimum atomic E-state index is -0.252. The molecule has 1 heteroatoms. The fourth-order valence-electron chi connectivity index (χ4n) is 1.37. The second-order valence-electron chi connectivity index (χ2n) is 2.64. The first-order valence-corrected chi connectivity index (χ1v) is 3.47. The van der Waals surface area contributed by atoms with E-state index in [9.17, 15) is 5.11 Å². The van der Waals surface area contributed by atoms with E-state index in [0.717, 1.165) is 6.42 Å². The van der Waals surface area contributed by atoms with Gasteiger partial charge < -0.3 is 5.11 Å². The van der Waals surface area contributed by atoms with Gasteiger partial charge in [0.25, 0.3) is 0 Å². The van der Waals surface area contributed by atoms with Crippen LogP contribution in [0, 0.1) is 6.42 Å². The smallest absolute Gasteiger partial charge is 0.0656 e. The topological polar surface area (TPSA) is 20.2 Å². The third-order valence-corrected chi connectivity index (χ3v) is 1.86. The van der Waals surface area contributed by atoms with Gasteiger partial charge in [0.15, 0.2) is 0 Å². The number of hydrogen-bond acceptors (Lipinski definition) is 1. The van der Waals surface area contributed by atoms with Gasteiger partial charge in [-0.3, -0.25) is 0 Å². The highest BCUT2D eigenvalue weighted by molar-refractivity contribution is 5.39. The third-order valence-electron chi connectivity index (χ3n) is 1.86. The monoisotopic (exact) mass is 133 g/mol. The highest BCUT2D eigenvalue weighted by atomic mass is 16.3. The highest BCUT2D eigenvalue weighted by Gasteiger charge is 2.17. The average molecular weight is 133 g/mol. The number of hydrogen-bond donors (Lipinski definition) is 1. The van der Waals surface area contributed by atoms with Crippen molar-refractivity contribution in [2.75, 3.05) is 0 Å². The zero-order valence-corrected chi connectivity index (χ0v) is 5.62. The van der Waals surface area contributed by atoms with Crippen molar-refractivity contribution in [2.24, 2.45) is 0 Å². The van der Waals surface area contributed by atoms with Gasteiger partial charge in [-0.15, -0.1) is 0 Å². The number of fused-ring (bicyclic) bond motifs is 1. The maximum Gasteiger partial charge on any atom is 0.0656 e. The lowest BCUT2D eigenvalue weighted by atomic mass is 10.1. The van der Waals surface area contributed by atoms with Crippen molar-refractivity contribution >= 4 is 0 Å². The van der Waals surface area contributed by atoms with Gasteiger partial charge in [0.05, 0.1) is 6.10 Å². The van der Waals surface area contributed by atoms with Crippen LogP contribution in [0.3, 0.4) is 0 Å². The van der Waals surface area contributed by atoms with Gasteiger partial charge in [0, 0.05) is 6.42 Å². The molecule has 1 N–H and O–H groups in total. The molecule has 0 amide bonds. The van der Waals surface area contributed by atoms with Crippen LogP contribution in [0.4, 0.5) is 0 Å². The van der Waals surface area contributed by atoms with Crippen molar-refractivity contribution in [1.29, 1.82) is 0 Å². The van der Waals surface area contributed by atoms with Gasteiger partial charge in [0.2, 0.25) is 0 Å². The van der Waals surface area contributed by atoms with Crippen LogP contribution in [-0.2, 0) is 6.42 Å². The first-order valence-electron chi connectivity index (χ1n) is 3.47. The van der Waals surface area contributed by atoms with E-state index in [-0.39, 0.29) is 6.10 Å². The molecule has 10 heavy (non-hydrogen) atoms. The van der Waals surface area contributed by atoms with Crippen molar-refractivity contribution in [2.45, 2.75) is 12.5 Å². The molecule has 0 bridgehead atoms. The van der Waals surface area contributed by atoms with Crippen LogP contribution in [-0.4, -0.2) is 11.2 Å². The molecule has 0 unspecified atom stereocenters. The van der Waals surface area contributed by atoms with E-state index in [1.807, 2.05) is 24.6 Å². The van der Waals surface area contributed by atoms with Crippen molar-refractivity contribution in [1.82, 2.24) is 0 Å². The summed E-state index contributed by atoms with van der Waals surface area (Å²) in [5, 5.41) is 9.20. The van der Waals surface area contributed by atoms with Crippen molar-refractivity contribution in [3.63, 3.8) is 0 Å². The highest BCUT2D eigenvalue weighted by Crippen LogP contribution is 2.22. The lowest BCUT2D eigenvalue weighted by Crippen LogP contribution is -2.01. The van der Waals surface area contributed by atoms with Crippen LogP contribution >= 0.6 is 0 Å². The molecule has 1 aromatic rings. The van der Waals surface area contributed by atoms with Crippen molar-refractivity contribution < 1.29 is 5.11 Å². The SMILES string of the molecule is O[C@H]1[CH]c2ccccc2C1. The molecule has 0 heterocycles. The standard InChI is InChI=1S/C9H9O/c10-9-5-7-3-1-2-4-8(7)6-9/h1-5,9-10H,6H2/t9-/m0/s1. The molecule has 1 atom stereocenters. The van der Waals surface area contributed by atoms with Gasteiger partial charge >= 0.3 is 0 Å². The summed E-state index contributed by atoms with van der Waals surface area (Å²) in [5.74, 6) is 0. The molecular weight excluding hydrogens is 124 g/mol. The van der Waals surface area contributed by atoms with E-state index in [1.54, 1.807) is 0 Å². The Hall–Kier alpha value is -0.820. The molecule has 0 spiro atoms. The maximum atomic E-state index is 9.20. The van der Waals surface area contributed by atoms with Crippen LogP contribution in [0.5, 0.6) is 0 Å². The zero-order chi connectivity index (χ0) is 6.97. The predicted molar refractivity (Wildman–Crippen MR) is 39.6 cm³/mol. The van der Waals surface area contributed by atoms with Crippen LogP contribution in [0.15, 0.2) is 24.3 Å². The van der Waals surface area contributed by atoms with Crippen LogP contribution in [0.1, 0.15) is 11.1 Å². The number of rotatable bonds is 0.